The second kappa shape index (κ2) is 10.2. The van der Waals surface area contributed by atoms with Crippen molar-refractivity contribution in [3.8, 4) is 11.5 Å². The van der Waals surface area contributed by atoms with Crippen LogP contribution in [0.15, 0.2) is 42.5 Å². The fourth-order valence-electron chi connectivity index (χ4n) is 2.63. The average molecular weight is 370 g/mol. The highest BCUT2D eigenvalue weighted by molar-refractivity contribution is 5.84. The molecule has 27 heavy (non-hydrogen) atoms. The summed E-state index contributed by atoms with van der Waals surface area (Å²) in [6, 6.07) is 13.4. The molecule has 0 bridgehead atoms. The van der Waals surface area contributed by atoms with E-state index in [0.717, 1.165) is 16.7 Å². The summed E-state index contributed by atoms with van der Waals surface area (Å²) in [6.45, 7) is 2.42. The predicted molar refractivity (Wildman–Crippen MR) is 104 cm³/mol. The molecular weight excluding hydrogens is 344 g/mol. The van der Waals surface area contributed by atoms with Gasteiger partial charge in [-0.05, 0) is 42.2 Å². The van der Waals surface area contributed by atoms with E-state index in [4.69, 9.17) is 9.47 Å². The second-order valence-corrected chi connectivity index (χ2v) is 6.17. The summed E-state index contributed by atoms with van der Waals surface area (Å²) in [5, 5.41) is 5.46. The van der Waals surface area contributed by atoms with Crippen molar-refractivity contribution >= 4 is 11.8 Å². The molecule has 6 nitrogen and oxygen atoms in total. The van der Waals surface area contributed by atoms with E-state index in [1.54, 1.807) is 14.2 Å². The summed E-state index contributed by atoms with van der Waals surface area (Å²) >= 11 is 0. The molecule has 0 aliphatic carbocycles. The van der Waals surface area contributed by atoms with Crippen LogP contribution in [0.25, 0.3) is 0 Å². The molecule has 0 spiro atoms. The summed E-state index contributed by atoms with van der Waals surface area (Å²) in [7, 11) is 3.15. The van der Waals surface area contributed by atoms with Crippen LogP contribution in [0, 0.1) is 6.92 Å². The van der Waals surface area contributed by atoms with Crippen LogP contribution >= 0.6 is 0 Å². The SMILES string of the molecule is COc1ccc(CCC(=O)NCC(=O)NCc2ccccc2C)cc1OC. The Morgan fingerprint density at radius 3 is 2.37 bits per heavy atom. The van der Waals surface area contributed by atoms with Gasteiger partial charge in [0.25, 0.3) is 0 Å². The summed E-state index contributed by atoms with van der Waals surface area (Å²) in [6.07, 6.45) is 0.845. The maximum atomic E-state index is 12.0. The standard InChI is InChI=1S/C21H26N2O4/c1-15-6-4-5-7-17(15)13-22-21(25)14-23-20(24)11-9-16-8-10-18(26-2)19(12-16)27-3/h4-8,10,12H,9,11,13-14H2,1-3H3,(H,22,25)(H,23,24). The Balaban J connectivity index is 1.73. The van der Waals surface area contributed by atoms with Crippen molar-refractivity contribution in [1.82, 2.24) is 10.6 Å². The smallest absolute Gasteiger partial charge is 0.239 e. The van der Waals surface area contributed by atoms with E-state index >= 15 is 0 Å². The third kappa shape index (κ3) is 6.33. The van der Waals surface area contributed by atoms with Crippen LogP contribution in [0.5, 0.6) is 11.5 Å². The molecule has 2 aromatic rings. The van der Waals surface area contributed by atoms with Gasteiger partial charge in [-0.3, -0.25) is 9.59 Å². The normalized spacial score (nSPS) is 10.2. The lowest BCUT2D eigenvalue weighted by molar-refractivity contribution is -0.126. The number of amides is 2. The van der Waals surface area contributed by atoms with E-state index in [-0.39, 0.29) is 18.4 Å². The van der Waals surface area contributed by atoms with Gasteiger partial charge in [0.05, 0.1) is 20.8 Å². The molecule has 0 radical (unpaired) electrons. The minimum absolute atomic E-state index is 0.0311. The van der Waals surface area contributed by atoms with Crippen molar-refractivity contribution in [3.63, 3.8) is 0 Å². The first-order chi connectivity index (χ1) is 13.0. The first-order valence-electron chi connectivity index (χ1n) is 8.82. The Hall–Kier alpha value is -3.02. The van der Waals surface area contributed by atoms with Crippen molar-refractivity contribution in [1.29, 1.82) is 0 Å². The molecular formula is C21H26N2O4. The van der Waals surface area contributed by atoms with Crippen LogP contribution < -0.4 is 20.1 Å². The highest BCUT2D eigenvalue weighted by Gasteiger charge is 2.09. The van der Waals surface area contributed by atoms with Gasteiger partial charge >= 0.3 is 0 Å². The molecule has 0 aromatic heterocycles. The monoisotopic (exact) mass is 370 g/mol. The quantitative estimate of drug-likeness (QED) is 0.711. The Kier molecular flexibility index (Phi) is 7.67. The minimum atomic E-state index is -0.210. The molecule has 0 aliphatic heterocycles. The molecule has 0 saturated carbocycles. The molecule has 0 atom stereocenters. The van der Waals surface area contributed by atoms with Gasteiger partial charge in [-0.1, -0.05) is 30.3 Å². The van der Waals surface area contributed by atoms with E-state index in [1.165, 1.54) is 0 Å². The first-order valence-corrected chi connectivity index (χ1v) is 8.82. The number of nitrogens with one attached hydrogen (secondary N) is 2. The number of hydrogen-bond acceptors (Lipinski definition) is 4. The number of methoxy groups -OCH3 is 2. The topological polar surface area (TPSA) is 76.7 Å². The Bertz CT molecular complexity index is 790. The molecule has 2 rings (SSSR count). The maximum Gasteiger partial charge on any atom is 0.239 e. The fraction of sp³-hybridized carbons (Fsp3) is 0.333. The van der Waals surface area contributed by atoms with Crippen molar-refractivity contribution in [2.24, 2.45) is 0 Å². The lowest BCUT2D eigenvalue weighted by atomic mass is 10.1. The third-order valence-electron chi connectivity index (χ3n) is 4.27. The minimum Gasteiger partial charge on any atom is -0.493 e. The number of rotatable bonds is 9. The van der Waals surface area contributed by atoms with Crippen LogP contribution in [0.1, 0.15) is 23.1 Å². The number of hydrogen-bond donors (Lipinski definition) is 2. The van der Waals surface area contributed by atoms with Gasteiger partial charge in [-0.25, -0.2) is 0 Å². The fourth-order valence-corrected chi connectivity index (χ4v) is 2.63. The molecule has 2 N–H and O–H groups in total. The van der Waals surface area contributed by atoms with Crippen LogP contribution in [0.4, 0.5) is 0 Å². The highest BCUT2D eigenvalue weighted by Crippen LogP contribution is 2.27. The van der Waals surface area contributed by atoms with Gasteiger partial charge in [-0.2, -0.15) is 0 Å². The summed E-state index contributed by atoms with van der Waals surface area (Å²) in [4.78, 5) is 23.9. The molecule has 0 heterocycles. The van der Waals surface area contributed by atoms with E-state index in [2.05, 4.69) is 10.6 Å². The van der Waals surface area contributed by atoms with Gasteiger partial charge in [0.15, 0.2) is 11.5 Å². The number of ether oxygens (including phenoxy) is 2. The Labute approximate surface area is 159 Å². The molecule has 0 fully saturated rings. The van der Waals surface area contributed by atoms with E-state index < -0.39 is 0 Å². The van der Waals surface area contributed by atoms with Gasteiger partial charge in [-0.15, -0.1) is 0 Å². The Morgan fingerprint density at radius 2 is 1.67 bits per heavy atom. The zero-order valence-electron chi connectivity index (χ0n) is 16.0. The number of aryl methyl sites for hydroxylation is 2. The first kappa shape index (κ1) is 20.3. The number of carbonyl (C=O) groups is 2. The van der Waals surface area contributed by atoms with Crippen LogP contribution in [-0.4, -0.2) is 32.6 Å². The van der Waals surface area contributed by atoms with Gasteiger partial charge in [0, 0.05) is 13.0 Å². The van der Waals surface area contributed by atoms with Crippen molar-refractivity contribution in [2.75, 3.05) is 20.8 Å². The average Bonchev–Trinajstić information content (AvgIpc) is 2.69. The molecule has 2 amide bonds. The van der Waals surface area contributed by atoms with Crippen LogP contribution in [0.3, 0.4) is 0 Å². The van der Waals surface area contributed by atoms with Crippen molar-refractivity contribution in [3.05, 3.63) is 59.2 Å². The van der Waals surface area contributed by atoms with E-state index in [0.29, 0.717) is 30.9 Å². The zero-order valence-corrected chi connectivity index (χ0v) is 16.0. The predicted octanol–water partition coefficient (Wildman–Crippen LogP) is 2.38. The van der Waals surface area contributed by atoms with Gasteiger partial charge in [0.1, 0.15) is 0 Å². The summed E-state index contributed by atoms with van der Waals surface area (Å²) in [5.41, 5.74) is 3.15. The lowest BCUT2D eigenvalue weighted by Crippen LogP contribution is -2.36. The number of carbonyl (C=O) groups excluding carboxylic acids is 2. The largest absolute Gasteiger partial charge is 0.493 e. The van der Waals surface area contributed by atoms with Crippen molar-refractivity contribution in [2.45, 2.75) is 26.3 Å². The molecule has 6 heteroatoms. The molecule has 0 aliphatic rings. The molecule has 144 valence electrons. The number of benzene rings is 2. The van der Waals surface area contributed by atoms with Crippen LogP contribution in [-0.2, 0) is 22.6 Å². The third-order valence-corrected chi connectivity index (χ3v) is 4.27. The Morgan fingerprint density at radius 1 is 0.926 bits per heavy atom. The van der Waals surface area contributed by atoms with Crippen LogP contribution in [0.2, 0.25) is 0 Å². The summed E-state index contributed by atoms with van der Waals surface area (Å²) in [5.74, 6) is 0.899. The second-order valence-electron chi connectivity index (χ2n) is 6.17. The van der Waals surface area contributed by atoms with Gasteiger partial charge < -0.3 is 20.1 Å². The molecule has 0 unspecified atom stereocenters. The van der Waals surface area contributed by atoms with Gasteiger partial charge in [0.2, 0.25) is 11.8 Å². The summed E-state index contributed by atoms with van der Waals surface area (Å²) < 4.78 is 10.5. The zero-order chi connectivity index (χ0) is 19.6. The lowest BCUT2D eigenvalue weighted by Gasteiger charge is -2.10. The van der Waals surface area contributed by atoms with Crippen molar-refractivity contribution < 1.29 is 19.1 Å². The molecule has 2 aromatic carbocycles. The van der Waals surface area contributed by atoms with E-state index in [9.17, 15) is 9.59 Å². The molecule has 0 saturated heterocycles. The highest BCUT2D eigenvalue weighted by atomic mass is 16.5. The maximum absolute atomic E-state index is 12.0. The van der Waals surface area contributed by atoms with E-state index in [1.807, 2.05) is 49.4 Å².